The highest BCUT2D eigenvalue weighted by atomic mass is 35.5. The number of aromatic nitrogens is 2. The topological polar surface area (TPSA) is 92.6 Å². The molecule has 2 heterocycles. The number of halogens is 1. The monoisotopic (exact) mass is 496 g/mol. The Hall–Kier alpha value is -3.20. The molecule has 2 aromatic heterocycles. The van der Waals surface area contributed by atoms with Gasteiger partial charge in [-0.05, 0) is 55.7 Å². The Morgan fingerprint density at radius 3 is 2.62 bits per heavy atom. The predicted octanol–water partition coefficient (Wildman–Crippen LogP) is 4.22. The number of hydrogen-bond donors (Lipinski definition) is 2. The SMILES string of the molecule is C[C@@H](CCc1ccccc1)NS(=O)(=O)c1ccc(Cl)c(C(=O)NCc2cn3ccccc3n2)c1. The second kappa shape index (κ2) is 10.4. The minimum Gasteiger partial charge on any atom is -0.346 e. The summed E-state index contributed by atoms with van der Waals surface area (Å²) in [4.78, 5) is 17.2. The lowest BCUT2D eigenvalue weighted by Gasteiger charge is -2.15. The molecule has 7 nitrogen and oxygen atoms in total. The summed E-state index contributed by atoms with van der Waals surface area (Å²) in [6, 6.07) is 19.4. The molecule has 34 heavy (non-hydrogen) atoms. The van der Waals surface area contributed by atoms with Crippen molar-refractivity contribution >= 4 is 33.2 Å². The summed E-state index contributed by atoms with van der Waals surface area (Å²) in [6.07, 6.45) is 5.08. The Bertz CT molecular complexity index is 1370. The van der Waals surface area contributed by atoms with E-state index in [1.54, 1.807) is 0 Å². The number of carbonyl (C=O) groups excluding carboxylic acids is 1. The molecule has 0 saturated carbocycles. The molecule has 4 aromatic rings. The van der Waals surface area contributed by atoms with E-state index in [2.05, 4.69) is 15.0 Å². The number of imidazole rings is 1. The molecule has 2 aromatic carbocycles. The summed E-state index contributed by atoms with van der Waals surface area (Å²) >= 11 is 6.21. The lowest BCUT2D eigenvalue weighted by molar-refractivity contribution is 0.0950. The molecule has 0 saturated heterocycles. The fourth-order valence-corrected chi connectivity index (χ4v) is 5.11. The molecule has 0 aliphatic rings. The smallest absolute Gasteiger partial charge is 0.253 e. The van der Waals surface area contributed by atoms with Crippen LogP contribution in [-0.2, 0) is 23.0 Å². The highest BCUT2D eigenvalue weighted by Gasteiger charge is 2.21. The number of nitrogens with one attached hydrogen (secondary N) is 2. The largest absolute Gasteiger partial charge is 0.346 e. The maximum atomic E-state index is 12.9. The van der Waals surface area contributed by atoms with Gasteiger partial charge < -0.3 is 9.72 Å². The van der Waals surface area contributed by atoms with Crippen LogP contribution in [0.2, 0.25) is 5.02 Å². The van der Waals surface area contributed by atoms with E-state index in [1.165, 1.54) is 18.2 Å². The van der Waals surface area contributed by atoms with Crippen molar-refractivity contribution in [3.05, 3.63) is 101 Å². The predicted molar refractivity (Wildman–Crippen MR) is 132 cm³/mol. The fourth-order valence-electron chi connectivity index (χ4n) is 3.60. The van der Waals surface area contributed by atoms with E-state index in [0.29, 0.717) is 12.1 Å². The second-order valence-electron chi connectivity index (χ2n) is 8.07. The molecule has 2 N–H and O–H groups in total. The van der Waals surface area contributed by atoms with Crippen LogP contribution in [0.4, 0.5) is 0 Å². The van der Waals surface area contributed by atoms with Gasteiger partial charge in [0.25, 0.3) is 5.91 Å². The first-order valence-corrected chi connectivity index (χ1v) is 12.7. The lowest BCUT2D eigenvalue weighted by atomic mass is 10.1. The molecule has 0 unspecified atom stereocenters. The van der Waals surface area contributed by atoms with Crippen LogP contribution in [0.25, 0.3) is 5.65 Å². The third kappa shape index (κ3) is 5.83. The zero-order valence-corrected chi connectivity index (χ0v) is 20.2. The first-order chi connectivity index (χ1) is 16.3. The second-order valence-corrected chi connectivity index (χ2v) is 10.2. The van der Waals surface area contributed by atoms with Crippen molar-refractivity contribution < 1.29 is 13.2 Å². The van der Waals surface area contributed by atoms with Crippen molar-refractivity contribution in [1.82, 2.24) is 19.4 Å². The Morgan fingerprint density at radius 2 is 1.85 bits per heavy atom. The maximum absolute atomic E-state index is 12.9. The number of nitrogens with zero attached hydrogens (tertiary/aromatic N) is 2. The van der Waals surface area contributed by atoms with Gasteiger partial charge in [0.15, 0.2) is 0 Å². The first kappa shape index (κ1) is 23.9. The molecule has 0 aliphatic heterocycles. The Morgan fingerprint density at radius 1 is 1.09 bits per heavy atom. The zero-order chi connectivity index (χ0) is 24.1. The van der Waals surface area contributed by atoms with Gasteiger partial charge in [-0.3, -0.25) is 4.79 Å². The molecule has 4 rings (SSSR count). The number of rotatable bonds is 9. The van der Waals surface area contributed by atoms with Crippen LogP contribution in [0.1, 0.15) is 35.0 Å². The number of benzene rings is 2. The number of amides is 1. The fraction of sp³-hybridized carbons (Fsp3) is 0.200. The van der Waals surface area contributed by atoms with Gasteiger partial charge in [-0.1, -0.05) is 48.0 Å². The molecule has 176 valence electrons. The van der Waals surface area contributed by atoms with Crippen molar-refractivity contribution in [3.63, 3.8) is 0 Å². The summed E-state index contributed by atoms with van der Waals surface area (Å²) < 4.78 is 30.4. The number of sulfonamides is 1. The van der Waals surface area contributed by atoms with E-state index in [4.69, 9.17) is 11.6 Å². The molecule has 0 fully saturated rings. The van der Waals surface area contributed by atoms with Crippen LogP contribution >= 0.6 is 11.6 Å². The summed E-state index contributed by atoms with van der Waals surface area (Å²) in [5.41, 5.74) is 2.67. The standard InChI is InChI=1S/C25H25ClN4O3S/c1-18(10-11-19-7-3-2-4-8-19)29-34(32,33)21-12-13-23(26)22(15-21)25(31)27-16-20-17-30-14-6-5-9-24(30)28-20/h2-9,12-15,17-18,29H,10-11,16H2,1H3,(H,27,31)/t18-/m0/s1. The number of fused-ring (bicyclic) bond motifs is 1. The Balaban J connectivity index is 1.41. The van der Waals surface area contributed by atoms with Gasteiger partial charge in [0.2, 0.25) is 10.0 Å². The molecule has 0 aliphatic carbocycles. The van der Waals surface area contributed by atoms with Gasteiger partial charge in [-0.2, -0.15) is 0 Å². The van der Waals surface area contributed by atoms with Gasteiger partial charge in [0.1, 0.15) is 5.65 Å². The van der Waals surface area contributed by atoms with Gasteiger partial charge in [-0.25, -0.2) is 18.1 Å². The van der Waals surface area contributed by atoms with Crippen LogP contribution in [0.3, 0.4) is 0 Å². The van der Waals surface area contributed by atoms with E-state index in [1.807, 2.05) is 72.2 Å². The average molecular weight is 497 g/mol. The molecular weight excluding hydrogens is 472 g/mol. The van der Waals surface area contributed by atoms with E-state index in [0.717, 1.165) is 17.6 Å². The van der Waals surface area contributed by atoms with E-state index in [-0.39, 0.29) is 28.1 Å². The van der Waals surface area contributed by atoms with Crippen molar-refractivity contribution in [1.29, 1.82) is 0 Å². The third-order valence-corrected chi connectivity index (χ3v) is 7.32. The summed E-state index contributed by atoms with van der Waals surface area (Å²) in [7, 11) is -3.83. The van der Waals surface area contributed by atoms with Crippen LogP contribution < -0.4 is 10.0 Å². The number of hydrogen-bond acceptors (Lipinski definition) is 4. The van der Waals surface area contributed by atoms with Crippen molar-refractivity contribution in [2.45, 2.75) is 37.2 Å². The molecule has 9 heteroatoms. The van der Waals surface area contributed by atoms with E-state index >= 15 is 0 Å². The van der Waals surface area contributed by atoms with Gasteiger partial charge in [0, 0.05) is 18.4 Å². The van der Waals surface area contributed by atoms with Gasteiger partial charge in [0.05, 0.1) is 27.7 Å². The van der Waals surface area contributed by atoms with Crippen molar-refractivity contribution in [2.75, 3.05) is 0 Å². The molecule has 1 amide bonds. The van der Waals surface area contributed by atoms with Crippen LogP contribution in [0.5, 0.6) is 0 Å². The van der Waals surface area contributed by atoms with E-state index < -0.39 is 15.9 Å². The van der Waals surface area contributed by atoms with Crippen molar-refractivity contribution in [2.24, 2.45) is 0 Å². The van der Waals surface area contributed by atoms with Gasteiger partial charge >= 0.3 is 0 Å². The van der Waals surface area contributed by atoms with Crippen molar-refractivity contribution in [3.8, 4) is 0 Å². The lowest BCUT2D eigenvalue weighted by Crippen LogP contribution is -2.33. The average Bonchev–Trinajstić information content (AvgIpc) is 3.25. The molecule has 0 spiro atoms. The minimum atomic E-state index is -3.83. The first-order valence-electron chi connectivity index (χ1n) is 10.9. The Kier molecular flexibility index (Phi) is 7.31. The highest BCUT2D eigenvalue weighted by molar-refractivity contribution is 7.89. The summed E-state index contributed by atoms with van der Waals surface area (Å²) in [5, 5.41) is 2.93. The third-order valence-electron chi connectivity index (χ3n) is 5.40. The molecular formula is C25H25ClN4O3S. The molecule has 1 atom stereocenters. The number of pyridine rings is 1. The summed E-state index contributed by atoms with van der Waals surface area (Å²) in [5.74, 6) is -0.476. The van der Waals surface area contributed by atoms with Crippen LogP contribution in [0, 0.1) is 0 Å². The summed E-state index contributed by atoms with van der Waals surface area (Å²) in [6.45, 7) is 2.00. The van der Waals surface area contributed by atoms with Gasteiger partial charge in [-0.15, -0.1) is 0 Å². The van der Waals surface area contributed by atoms with Crippen LogP contribution in [0.15, 0.2) is 84.0 Å². The van der Waals surface area contributed by atoms with E-state index in [9.17, 15) is 13.2 Å². The quantitative estimate of drug-likeness (QED) is 0.363. The minimum absolute atomic E-state index is 0.0126. The normalized spacial score (nSPS) is 12.5. The number of carbonyl (C=O) groups is 1. The maximum Gasteiger partial charge on any atom is 0.253 e. The molecule has 0 radical (unpaired) electrons. The highest BCUT2D eigenvalue weighted by Crippen LogP contribution is 2.21. The molecule has 0 bridgehead atoms. The Labute approximate surface area is 203 Å². The number of aryl methyl sites for hydroxylation is 1. The van der Waals surface area contributed by atoms with Crippen LogP contribution in [-0.4, -0.2) is 29.8 Å². The zero-order valence-electron chi connectivity index (χ0n) is 18.6.